The van der Waals surface area contributed by atoms with E-state index in [9.17, 15) is 0 Å². The highest BCUT2D eigenvalue weighted by atomic mass is 15.0. The highest BCUT2D eigenvalue weighted by molar-refractivity contribution is 5.11. The molecule has 1 fully saturated rings. The summed E-state index contributed by atoms with van der Waals surface area (Å²) >= 11 is 0. The molecule has 0 saturated carbocycles. The van der Waals surface area contributed by atoms with E-state index in [2.05, 4.69) is 15.3 Å². The van der Waals surface area contributed by atoms with Gasteiger partial charge in [0, 0.05) is 11.4 Å². The Hall–Kier alpha value is -0.960. The fourth-order valence-corrected chi connectivity index (χ4v) is 1.81. The molecule has 1 N–H and O–H groups in total. The molecule has 2 rings (SSSR count). The van der Waals surface area contributed by atoms with Gasteiger partial charge in [-0.1, -0.05) is 0 Å². The highest BCUT2D eigenvalue weighted by Gasteiger charge is 2.18. The first-order chi connectivity index (χ1) is 6.25. The molecule has 1 atom stereocenters. The first-order valence-electron chi connectivity index (χ1n) is 4.81. The molecule has 1 aromatic rings. The van der Waals surface area contributed by atoms with Crippen LogP contribution < -0.4 is 5.32 Å². The van der Waals surface area contributed by atoms with E-state index in [1.165, 1.54) is 12.8 Å². The summed E-state index contributed by atoms with van der Waals surface area (Å²) in [6, 6.07) is 2.40. The van der Waals surface area contributed by atoms with Crippen molar-refractivity contribution in [2.75, 3.05) is 6.54 Å². The smallest absolute Gasteiger partial charge is 0.145 e. The van der Waals surface area contributed by atoms with Crippen LogP contribution in [0.4, 0.5) is 0 Å². The maximum atomic E-state index is 4.44. The Labute approximate surface area is 78.6 Å². The minimum Gasteiger partial charge on any atom is -0.307 e. The largest absolute Gasteiger partial charge is 0.307 e. The fourth-order valence-electron chi connectivity index (χ4n) is 1.81. The Morgan fingerprint density at radius 1 is 1.31 bits per heavy atom. The van der Waals surface area contributed by atoms with E-state index < -0.39 is 0 Å². The number of nitrogens with one attached hydrogen (secondary N) is 1. The SMILES string of the molecule is Cc1cc(C)nc([C@H]2CCCN2)n1. The predicted molar refractivity (Wildman–Crippen MR) is 51.5 cm³/mol. The number of aromatic nitrogens is 2. The lowest BCUT2D eigenvalue weighted by Gasteiger charge is -2.09. The van der Waals surface area contributed by atoms with Crippen LogP contribution in [0.3, 0.4) is 0 Å². The Bertz CT molecular complexity index is 283. The number of hydrogen-bond donors (Lipinski definition) is 1. The van der Waals surface area contributed by atoms with Crippen molar-refractivity contribution in [1.29, 1.82) is 0 Å². The van der Waals surface area contributed by atoms with Crippen molar-refractivity contribution in [1.82, 2.24) is 15.3 Å². The van der Waals surface area contributed by atoms with Gasteiger partial charge in [0.05, 0.1) is 6.04 Å². The monoisotopic (exact) mass is 177 g/mol. The molecule has 1 saturated heterocycles. The first kappa shape index (κ1) is 8.63. The minimum atomic E-state index is 0.388. The first-order valence-corrected chi connectivity index (χ1v) is 4.81. The van der Waals surface area contributed by atoms with Crippen LogP contribution in [0.1, 0.15) is 36.1 Å². The summed E-state index contributed by atoms with van der Waals surface area (Å²) in [5.74, 6) is 0.968. The zero-order valence-corrected chi connectivity index (χ0v) is 8.17. The van der Waals surface area contributed by atoms with Crippen LogP contribution in [0.2, 0.25) is 0 Å². The van der Waals surface area contributed by atoms with E-state index in [4.69, 9.17) is 0 Å². The van der Waals surface area contributed by atoms with Gasteiger partial charge in [-0.15, -0.1) is 0 Å². The van der Waals surface area contributed by atoms with Gasteiger partial charge in [0.2, 0.25) is 0 Å². The highest BCUT2D eigenvalue weighted by Crippen LogP contribution is 2.19. The molecule has 0 spiro atoms. The van der Waals surface area contributed by atoms with E-state index in [0.717, 1.165) is 23.8 Å². The maximum absolute atomic E-state index is 4.44. The van der Waals surface area contributed by atoms with Crippen molar-refractivity contribution in [2.24, 2.45) is 0 Å². The summed E-state index contributed by atoms with van der Waals surface area (Å²) in [7, 11) is 0. The molecule has 13 heavy (non-hydrogen) atoms. The number of hydrogen-bond acceptors (Lipinski definition) is 3. The van der Waals surface area contributed by atoms with Gasteiger partial charge in [0.15, 0.2) is 0 Å². The van der Waals surface area contributed by atoms with Crippen LogP contribution >= 0.6 is 0 Å². The molecule has 1 aliphatic heterocycles. The molecule has 0 radical (unpaired) electrons. The summed E-state index contributed by atoms with van der Waals surface area (Å²) in [5.41, 5.74) is 2.13. The topological polar surface area (TPSA) is 37.8 Å². The van der Waals surface area contributed by atoms with Crippen LogP contribution in [-0.4, -0.2) is 16.5 Å². The normalized spacial score (nSPS) is 22.2. The third-order valence-electron chi connectivity index (χ3n) is 2.37. The second-order valence-corrected chi connectivity index (χ2v) is 3.66. The van der Waals surface area contributed by atoms with Gasteiger partial charge in [-0.25, -0.2) is 9.97 Å². The van der Waals surface area contributed by atoms with Crippen LogP contribution in [0.15, 0.2) is 6.07 Å². The van der Waals surface area contributed by atoms with Crippen LogP contribution in [0.5, 0.6) is 0 Å². The molecule has 0 aromatic carbocycles. The summed E-state index contributed by atoms with van der Waals surface area (Å²) in [6.45, 7) is 5.14. The lowest BCUT2D eigenvalue weighted by Crippen LogP contribution is -2.16. The van der Waals surface area contributed by atoms with Gasteiger partial charge in [-0.05, 0) is 39.3 Å². The number of rotatable bonds is 1. The Morgan fingerprint density at radius 3 is 2.54 bits per heavy atom. The van der Waals surface area contributed by atoms with Crippen LogP contribution in [0.25, 0.3) is 0 Å². The standard InChI is InChI=1S/C10H15N3/c1-7-6-8(2)13-10(12-7)9-4-3-5-11-9/h6,9,11H,3-5H2,1-2H3/t9-/m1/s1. The second kappa shape index (κ2) is 3.42. The fraction of sp³-hybridized carbons (Fsp3) is 0.600. The van der Waals surface area contributed by atoms with Crippen molar-refractivity contribution >= 4 is 0 Å². The van der Waals surface area contributed by atoms with Crippen molar-refractivity contribution in [3.8, 4) is 0 Å². The summed E-state index contributed by atoms with van der Waals surface area (Å²) < 4.78 is 0. The van der Waals surface area contributed by atoms with Crippen molar-refractivity contribution in [2.45, 2.75) is 32.7 Å². The summed E-state index contributed by atoms with van der Waals surface area (Å²) in [4.78, 5) is 8.88. The zero-order chi connectivity index (χ0) is 9.26. The van der Waals surface area contributed by atoms with E-state index >= 15 is 0 Å². The van der Waals surface area contributed by atoms with Crippen molar-refractivity contribution < 1.29 is 0 Å². The predicted octanol–water partition coefficient (Wildman–Crippen LogP) is 1.52. The molecule has 3 nitrogen and oxygen atoms in total. The molecule has 1 aromatic heterocycles. The summed E-state index contributed by atoms with van der Waals surface area (Å²) in [5, 5.41) is 3.40. The van der Waals surface area contributed by atoms with Crippen molar-refractivity contribution in [3.63, 3.8) is 0 Å². The molecular formula is C10H15N3. The third kappa shape index (κ3) is 1.86. The molecule has 70 valence electrons. The number of aryl methyl sites for hydroxylation is 2. The van der Waals surface area contributed by atoms with Crippen LogP contribution in [0, 0.1) is 13.8 Å². The van der Waals surface area contributed by atoms with Gasteiger partial charge >= 0.3 is 0 Å². The van der Waals surface area contributed by atoms with E-state index in [1.54, 1.807) is 0 Å². The second-order valence-electron chi connectivity index (χ2n) is 3.66. The van der Waals surface area contributed by atoms with E-state index in [1.807, 2.05) is 19.9 Å². The molecule has 0 aliphatic carbocycles. The molecule has 3 heteroatoms. The molecule has 0 unspecified atom stereocenters. The van der Waals surface area contributed by atoms with Crippen LogP contribution in [-0.2, 0) is 0 Å². The van der Waals surface area contributed by atoms with Gasteiger partial charge in [-0.3, -0.25) is 0 Å². The molecule has 0 bridgehead atoms. The zero-order valence-electron chi connectivity index (χ0n) is 8.17. The lowest BCUT2D eigenvalue weighted by atomic mass is 10.2. The molecule has 1 aliphatic rings. The third-order valence-corrected chi connectivity index (χ3v) is 2.37. The average Bonchev–Trinajstić information content (AvgIpc) is 2.53. The van der Waals surface area contributed by atoms with Gasteiger partial charge in [0.1, 0.15) is 5.82 Å². The Kier molecular flexibility index (Phi) is 2.27. The van der Waals surface area contributed by atoms with Gasteiger partial charge in [-0.2, -0.15) is 0 Å². The Morgan fingerprint density at radius 2 is 2.00 bits per heavy atom. The minimum absolute atomic E-state index is 0.388. The quantitative estimate of drug-likeness (QED) is 0.706. The van der Waals surface area contributed by atoms with E-state index in [0.29, 0.717) is 6.04 Å². The summed E-state index contributed by atoms with van der Waals surface area (Å²) in [6.07, 6.45) is 2.41. The Balaban J connectivity index is 2.28. The average molecular weight is 177 g/mol. The van der Waals surface area contributed by atoms with Gasteiger partial charge < -0.3 is 5.32 Å². The molecular weight excluding hydrogens is 162 g/mol. The van der Waals surface area contributed by atoms with E-state index in [-0.39, 0.29) is 0 Å². The molecule has 0 amide bonds. The van der Waals surface area contributed by atoms with Crippen molar-refractivity contribution in [3.05, 3.63) is 23.3 Å². The van der Waals surface area contributed by atoms with Gasteiger partial charge in [0.25, 0.3) is 0 Å². The molecule has 2 heterocycles. The maximum Gasteiger partial charge on any atom is 0.145 e. The number of nitrogens with zero attached hydrogens (tertiary/aromatic N) is 2. The lowest BCUT2D eigenvalue weighted by molar-refractivity contribution is 0.599.